The van der Waals surface area contributed by atoms with Crippen LogP contribution >= 0.6 is 0 Å². The van der Waals surface area contributed by atoms with E-state index in [-0.39, 0.29) is 0 Å². The van der Waals surface area contributed by atoms with E-state index in [1.54, 1.807) is 0 Å². The van der Waals surface area contributed by atoms with Gasteiger partial charge in [0.1, 0.15) is 5.65 Å². The molecule has 2 aromatic heterocycles. The molecule has 0 aliphatic carbocycles. The van der Waals surface area contributed by atoms with Crippen molar-refractivity contribution >= 4 is 11.3 Å². The number of nitrogens with one attached hydrogen (secondary N) is 1. The number of anilines is 1. The zero-order valence-electron chi connectivity index (χ0n) is 9.89. The molecule has 1 atom stereocenters. The first-order valence-corrected chi connectivity index (χ1v) is 6.28. The van der Waals surface area contributed by atoms with Crippen molar-refractivity contribution in [1.82, 2.24) is 14.7 Å². The smallest absolute Gasteiger partial charge is 0.139 e. The Labute approximate surface area is 101 Å². The van der Waals surface area contributed by atoms with Gasteiger partial charge in [-0.25, -0.2) is 4.98 Å². The highest BCUT2D eigenvalue weighted by Gasteiger charge is 2.14. The van der Waals surface area contributed by atoms with Crippen LogP contribution in [0.15, 0.2) is 24.5 Å². The van der Waals surface area contributed by atoms with E-state index in [9.17, 15) is 0 Å². The van der Waals surface area contributed by atoms with Gasteiger partial charge in [-0.1, -0.05) is 6.42 Å². The molecule has 1 aliphatic rings. The minimum Gasteiger partial charge on any atom is -0.399 e. The zero-order chi connectivity index (χ0) is 11.7. The minimum absolute atomic E-state index is 0.589. The highest BCUT2D eigenvalue weighted by atomic mass is 15.0. The second-order valence-electron chi connectivity index (χ2n) is 4.81. The Kier molecular flexibility index (Phi) is 2.73. The molecular weight excluding hydrogens is 212 g/mol. The molecular formula is C13H18N4. The highest BCUT2D eigenvalue weighted by Crippen LogP contribution is 2.14. The summed E-state index contributed by atoms with van der Waals surface area (Å²) in [6.45, 7) is 1.14. The van der Waals surface area contributed by atoms with Gasteiger partial charge in [0.05, 0.1) is 5.69 Å². The third-order valence-electron chi connectivity index (χ3n) is 3.40. The first kappa shape index (κ1) is 10.6. The molecule has 0 saturated carbocycles. The molecule has 1 saturated heterocycles. The Morgan fingerprint density at radius 1 is 1.47 bits per heavy atom. The lowest BCUT2D eigenvalue weighted by atomic mass is 10.0. The SMILES string of the molecule is Nc1ccn2cc(C[C@@H]3CCCCN3)nc2c1. The molecule has 0 bridgehead atoms. The fourth-order valence-electron chi connectivity index (χ4n) is 2.50. The molecule has 0 aromatic carbocycles. The van der Waals surface area contributed by atoms with E-state index < -0.39 is 0 Å². The molecule has 4 nitrogen and oxygen atoms in total. The topological polar surface area (TPSA) is 55.4 Å². The Morgan fingerprint density at radius 3 is 3.24 bits per heavy atom. The van der Waals surface area contributed by atoms with Crippen molar-refractivity contribution in [3.63, 3.8) is 0 Å². The fraction of sp³-hybridized carbons (Fsp3) is 0.462. The van der Waals surface area contributed by atoms with E-state index in [1.807, 2.05) is 22.7 Å². The van der Waals surface area contributed by atoms with Crippen molar-refractivity contribution in [2.24, 2.45) is 0 Å². The molecule has 0 radical (unpaired) electrons. The number of rotatable bonds is 2. The van der Waals surface area contributed by atoms with Gasteiger partial charge in [-0.3, -0.25) is 0 Å². The monoisotopic (exact) mass is 230 g/mol. The summed E-state index contributed by atoms with van der Waals surface area (Å²) in [5.41, 5.74) is 8.61. The van der Waals surface area contributed by atoms with E-state index in [0.717, 1.165) is 30.0 Å². The lowest BCUT2D eigenvalue weighted by Gasteiger charge is -2.22. The summed E-state index contributed by atoms with van der Waals surface area (Å²) in [5.74, 6) is 0. The predicted octanol–water partition coefficient (Wildman–Crippen LogP) is 1.60. The summed E-state index contributed by atoms with van der Waals surface area (Å²) < 4.78 is 2.04. The van der Waals surface area contributed by atoms with Gasteiger partial charge in [-0.15, -0.1) is 0 Å². The number of aromatic nitrogens is 2. The molecule has 0 unspecified atom stereocenters. The Morgan fingerprint density at radius 2 is 2.41 bits per heavy atom. The maximum Gasteiger partial charge on any atom is 0.139 e. The van der Waals surface area contributed by atoms with Gasteiger partial charge in [-0.2, -0.15) is 0 Å². The number of nitrogens with zero attached hydrogens (tertiary/aromatic N) is 2. The second kappa shape index (κ2) is 4.37. The maximum atomic E-state index is 5.75. The van der Waals surface area contributed by atoms with E-state index in [4.69, 9.17) is 5.73 Å². The molecule has 3 rings (SSSR count). The van der Waals surface area contributed by atoms with Crippen LogP contribution in [0.5, 0.6) is 0 Å². The molecule has 2 aromatic rings. The average Bonchev–Trinajstić information content (AvgIpc) is 2.71. The molecule has 0 amide bonds. The van der Waals surface area contributed by atoms with Crippen LogP contribution in [0.2, 0.25) is 0 Å². The van der Waals surface area contributed by atoms with Crippen molar-refractivity contribution in [2.75, 3.05) is 12.3 Å². The molecule has 0 spiro atoms. The van der Waals surface area contributed by atoms with Gasteiger partial charge >= 0.3 is 0 Å². The number of piperidine rings is 1. The first-order valence-electron chi connectivity index (χ1n) is 6.28. The van der Waals surface area contributed by atoms with Crippen LogP contribution in [0.25, 0.3) is 5.65 Å². The zero-order valence-corrected chi connectivity index (χ0v) is 9.89. The fourth-order valence-corrected chi connectivity index (χ4v) is 2.50. The molecule has 4 heteroatoms. The summed E-state index contributed by atoms with van der Waals surface area (Å²) in [4.78, 5) is 4.61. The third kappa shape index (κ3) is 2.26. The van der Waals surface area contributed by atoms with Crippen molar-refractivity contribution in [3.8, 4) is 0 Å². The van der Waals surface area contributed by atoms with Gasteiger partial charge in [0.2, 0.25) is 0 Å². The number of nitrogen functional groups attached to an aromatic ring is 1. The van der Waals surface area contributed by atoms with E-state index >= 15 is 0 Å². The Balaban J connectivity index is 1.80. The molecule has 3 N–H and O–H groups in total. The number of imidazole rings is 1. The lowest BCUT2D eigenvalue weighted by Crippen LogP contribution is -2.35. The van der Waals surface area contributed by atoms with Gasteiger partial charge in [0, 0.05) is 36.6 Å². The molecule has 17 heavy (non-hydrogen) atoms. The lowest BCUT2D eigenvalue weighted by molar-refractivity contribution is 0.397. The molecule has 90 valence electrons. The summed E-state index contributed by atoms with van der Waals surface area (Å²) in [6.07, 6.45) is 8.98. The summed E-state index contributed by atoms with van der Waals surface area (Å²) in [7, 11) is 0. The van der Waals surface area contributed by atoms with Crippen LogP contribution in [0.4, 0.5) is 5.69 Å². The van der Waals surface area contributed by atoms with Gasteiger partial charge in [0.25, 0.3) is 0 Å². The van der Waals surface area contributed by atoms with Crippen LogP contribution in [0.1, 0.15) is 25.0 Å². The number of nitrogens with two attached hydrogens (primary N) is 1. The van der Waals surface area contributed by atoms with Gasteiger partial charge < -0.3 is 15.5 Å². The maximum absolute atomic E-state index is 5.75. The molecule has 3 heterocycles. The first-order chi connectivity index (χ1) is 8.31. The number of pyridine rings is 1. The largest absolute Gasteiger partial charge is 0.399 e. The summed E-state index contributed by atoms with van der Waals surface area (Å²) >= 11 is 0. The number of hydrogen-bond donors (Lipinski definition) is 2. The Hall–Kier alpha value is -1.55. The molecule has 1 aliphatic heterocycles. The average molecular weight is 230 g/mol. The van der Waals surface area contributed by atoms with Crippen molar-refractivity contribution in [1.29, 1.82) is 0 Å². The Bertz CT molecular complexity index is 511. The minimum atomic E-state index is 0.589. The van der Waals surface area contributed by atoms with Crippen molar-refractivity contribution in [2.45, 2.75) is 31.7 Å². The van der Waals surface area contributed by atoms with Crippen molar-refractivity contribution in [3.05, 3.63) is 30.2 Å². The van der Waals surface area contributed by atoms with Crippen LogP contribution in [0, 0.1) is 0 Å². The van der Waals surface area contributed by atoms with E-state index in [0.29, 0.717) is 6.04 Å². The van der Waals surface area contributed by atoms with Crippen molar-refractivity contribution < 1.29 is 0 Å². The molecule has 1 fully saturated rings. The van der Waals surface area contributed by atoms with Crippen LogP contribution < -0.4 is 11.1 Å². The number of fused-ring (bicyclic) bond motifs is 1. The van der Waals surface area contributed by atoms with Crippen LogP contribution in [-0.2, 0) is 6.42 Å². The highest BCUT2D eigenvalue weighted by molar-refractivity contribution is 5.52. The van der Waals surface area contributed by atoms with E-state index in [2.05, 4.69) is 16.5 Å². The van der Waals surface area contributed by atoms with Gasteiger partial charge in [0.15, 0.2) is 0 Å². The summed E-state index contributed by atoms with van der Waals surface area (Å²) in [6, 6.07) is 4.40. The standard InChI is InChI=1S/C13H18N4/c14-10-4-6-17-9-12(16-13(17)7-10)8-11-3-1-2-5-15-11/h4,6-7,9,11,15H,1-3,5,8,14H2/t11-/m0/s1. The number of hydrogen-bond acceptors (Lipinski definition) is 3. The summed E-state index contributed by atoms with van der Waals surface area (Å²) in [5, 5.41) is 3.55. The van der Waals surface area contributed by atoms with Gasteiger partial charge in [-0.05, 0) is 25.5 Å². The predicted molar refractivity (Wildman–Crippen MR) is 69.0 cm³/mol. The van der Waals surface area contributed by atoms with Crippen LogP contribution in [0.3, 0.4) is 0 Å². The second-order valence-corrected chi connectivity index (χ2v) is 4.81. The third-order valence-corrected chi connectivity index (χ3v) is 3.40. The quantitative estimate of drug-likeness (QED) is 0.824. The normalized spacial score (nSPS) is 20.8. The van der Waals surface area contributed by atoms with E-state index in [1.165, 1.54) is 19.3 Å². The van der Waals surface area contributed by atoms with Crippen LogP contribution in [-0.4, -0.2) is 22.0 Å².